The Morgan fingerprint density at radius 1 is 0.969 bits per heavy atom. The fourth-order valence-corrected chi connectivity index (χ4v) is 4.31. The van der Waals surface area contributed by atoms with Crippen LogP contribution in [0, 0.1) is 0 Å². The molecule has 4 rings (SSSR count). The molecule has 0 fully saturated rings. The molecular formula is C25H21BrN2O3S. The number of anilines is 1. The quantitative estimate of drug-likeness (QED) is 0.289. The smallest absolute Gasteiger partial charge is 0.264 e. The second-order valence-corrected chi connectivity index (χ2v) is 8.56. The van der Waals surface area contributed by atoms with Gasteiger partial charge in [0.05, 0.1) is 16.8 Å². The van der Waals surface area contributed by atoms with Gasteiger partial charge in [-0.15, -0.1) is 11.3 Å². The Balaban J connectivity index is 1.33. The first kappa shape index (κ1) is 22.0. The van der Waals surface area contributed by atoms with Crippen LogP contribution in [0.4, 0.5) is 5.13 Å². The number of hydrogen-bond acceptors (Lipinski definition) is 5. The van der Waals surface area contributed by atoms with E-state index in [4.69, 9.17) is 9.47 Å². The van der Waals surface area contributed by atoms with Gasteiger partial charge in [-0.2, -0.15) is 0 Å². The Kier molecular flexibility index (Phi) is 7.19. The summed E-state index contributed by atoms with van der Waals surface area (Å²) in [7, 11) is 0. The van der Waals surface area contributed by atoms with E-state index in [0.29, 0.717) is 17.5 Å². The molecule has 0 radical (unpaired) electrons. The van der Waals surface area contributed by atoms with Gasteiger partial charge in [0.2, 0.25) is 0 Å². The van der Waals surface area contributed by atoms with Gasteiger partial charge in [0.15, 0.2) is 11.7 Å². The summed E-state index contributed by atoms with van der Waals surface area (Å²) in [5, 5.41) is 5.23. The van der Waals surface area contributed by atoms with Gasteiger partial charge in [-0.1, -0.05) is 36.4 Å². The number of halogens is 1. The van der Waals surface area contributed by atoms with E-state index in [1.807, 2.05) is 85.1 Å². The first-order valence-corrected chi connectivity index (χ1v) is 11.8. The minimum Gasteiger partial charge on any atom is -0.494 e. The molecule has 0 saturated heterocycles. The number of carbonyl (C=O) groups is 1. The number of ether oxygens (including phenoxy) is 2. The molecule has 0 aliphatic rings. The number of aromatic nitrogens is 1. The van der Waals surface area contributed by atoms with Crippen LogP contribution in [0.15, 0.2) is 82.6 Å². The van der Waals surface area contributed by atoms with Crippen molar-refractivity contribution in [1.82, 2.24) is 4.98 Å². The molecule has 0 atom stereocenters. The summed E-state index contributed by atoms with van der Waals surface area (Å²) >= 11 is 4.90. The summed E-state index contributed by atoms with van der Waals surface area (Å²) in [5.74, 6) is 1.16. The molecule has 4 aromatic rings. The number of nitrogens with one attached hydrogen (secondary N) is 1. The Hall–Kier alpha value is -3.16. The Morgan fingerprint density at radius 3 is 2.44 bits per heavy atom. The van der Waals surface area contributed by atoms with Crippen molar-refractivity contribution in [2.45, 2.75) is 6.92 Å². The molecule has 1 N–H and O–H groups in total. The predicted molar refractivity (Wildman–Crippen MR) is 132 cm³/mol. The molecule has 1 heterocycles. The topological polar surface area (TPSA) is 60.5 Å². The van der Waals surface area contributed by atoms with Crippen molar-refractivity contribution >= 4 is 38.3 Å². The zero-order chi connectivity index (χ0) is 22.3. The molecule has 7 heteroatoms. The molecule has 0 spiro atoms. The van der Waals surface area contributed by atoms with Crippen molar-refractivity contribution in [3.05, 3.63) is 82.6 Å². The van der Waals surface area contributed by atoms with Crippen molar-refractivity contribution < 1.29 is 14.3 Å². The third kappa shape index (κ3) is 5.55. The summed E-state index contributed by atoms with van der Waals surface area (Å²) in [6.45, 7) is 2.47. The van der Waals surface area contributed by atoms with Crippen molar-refractivity contribution in [3.63, 3.8) is 0 Å². The van der Waals surface area contributed by atoms with Gasteiger partial charge in [0, 0.05) is 10.9 Å². The van der Waals surface area contributed by atoms with E-state index in [1.54, 1.807) is 0 Å². The predicted octanol–water partition coefficient (Wildman–Crippen LogP) is 6.66. The summed E-state index contributed by atoms with van der Waals surface area (Å²) in [6.07, 6.45) is 0. The molecular weight excluding hydrogens is 488 g/mol. The lowest BCUT2D eigenvalue weighted by atomic mass is 10.1. The monoisotopic (exact) mass is 508 g/mol. The Morgan fingerprint density at radius 2 is 1.72 bits per heavy atom. The lowest BCUT2D eigenvalue weighted by molar-refractivity contribution is -0.118. The molecule has 162 valence electrons. The number of hydrogen-bond donors (Lipinski definition) is 1. The van der Waals surface area contributed by atoms with E-state index < -0.39 is 0 Å². The maximum absolute atomic E-state index is 12.3. The van der Waals surface area contributed by atoms with Gasteiger partial charge in [0.25, 0.3) is 5.91 Å². The van der Waals surface area contributed by atoms with Gasteiger partial charge in [-0.25, -0.2) is 4.98 Å². The van der Waals surface area contributed by atoms with Gasteiger partial charge in [-0.05, 0) is 70.4 Å². The highest BCUT2D eigenvalue weighted by Crippen LogP contribution is 2.31. The van der Waals surface area contributed by atoms with E-state index in [0.717, 1.165) is 32.6 Å². The molecule has 1 amide bonds. The average molecular weight is 509 g/mol. The van der Waals surface area contributed by atoms with Crippen LogP contribution in [0.1, 0.15) is 6.92 Å². The second kappa shape index (κ2) is 10.4. The molecule has 32 heavy (non-hydrogen) atoms. The maximum atomic E-state index is 12.3. The molecule has 3 aromatic carbocycles. The zero-order valence-electron chi connectivity index (χ0n) is 17.4. The third-order valence-electron chi connectivity index (χ3n) is 4.61. The van der Waals surface area contributed by atoms with Crippen LogP contribution in [0.3, 0.4) is 0 Å². The molecule has 0 aliphatic carbocycles. The van der Waals surface area contributed by atoms with Gasteiger partial charge < -0.3 is 9.47 Å². The van der Waals surface area contributed by atoms with Crippen LogP contribution < -0.4 is 14.8 Å². The van der Waals surface area contributed by atoms with Crippen molar-refractivity contribution in [2.75, 3.05) is 18.5 Å². The van der Waals surface area contributed by atoms with E-state index >= 15 is 0 Å². The number of thiazole rings is 1. The lowest BCUT2D eigenvalue weighted by Gasteiger charge is -2.10. The highest BCUT2D eigenvalue weighted by molar-refractivity contribution is 9.10. The first-order valence-electron chi connectivity index (χ1n) is 10.1. The zero-order valence-corrected chi connectivity index (χ0v) is 19.8. The normalized spacial score (nSPS) is 10.6. The number of carbonyl (C=O) groups excluding carboxylic acids is 1. The highest BCUT2D eigenvalue weighted by Gasteiger charge is 2.11. The van der Waals surface area contributed by atoms with E-state index in [2.05, 4.69) is 26.2 Å². The molecule has 5 nitrogen and oxygen atoms in total. The van der Waals surface area contributed by atoms with Crippen LogP contribution in [0.25, 0.3) is 22.4 Å². The van der Waals surface area contributed by atoms with E-state index in [9.17, 15) is 4.79 Å². The molecule has 0 saturated carbocycles. The van der Waals surface area contributed by atoms with E-state index in [1.165, 1.54) is 11.3 Å². The molecule has 0 unspecified atom stereocenters. The molecule has 0 bridgehead atoms. The van der Waals surface area contributed by atoms with Crippen molar-refractivity contribution in [3.8, 4) is 33.9 Å². The van der Waals surface area contributed by atoms with E-state index in [-0.39, 0.29) is 12.5 Å². The standard InChI is InChI=1S/C25H21BrN2O3S/c1-2-30-20-11-8-18(9-12-20)22-16-32-25(27-22)28-24(29)15-31-23-13-10-19(14-21(23)26)17-6-4-3-5-7-17/h3-14,16H,2,15H2,1H3,(H,27,28,29). The minimum atomic E-state index is -0.267. The third-order valence-corrected chi connectivity index (χ3v) is 5.99. The second-order valence-electron chi connectivity index (χ2n) is 6.84. The molecule has 1 aromatic heterocycles. The first-order chi connectivity index (χ1) is 15.6. The van der Waals surface area contributed by atoms with Gasteiger partial charge >= 0.3 is 0 Å². The fourth-order valence-electron chi connectivity index (χ4n) is 3.08. The number of benzene rings is 3. The highest BCUT2D eigenvalue weighted by atomic mass is 79.9. The van der Waals surface area contributed by atoms with Crippen LogP contribution in [-0.2, 0) is 4.79 Å². The van der Waals surface area contributed by atoms with Crippen LogP contribution in [0.2, 0.25) is 0 Å². The number of amides is 1. The van der Waals surface area contributed by atoms with Crippen LogP contribution in [0.5, 0.6) is 11.5 Å². The van der Waals surface area contributed by atoms with Gasteiger partial charge in [-0.3, -0.25) is 10.1 Å². The largest absolute Gasteiger partial charge is 0.494 e. The van der Waals surface area contributed by atoms with Crippen LogP contribution >= 0.6 is 27.3 Å². The van der Waals surface area contributed by atoms with Crippen molar-refractivity contribution in [1.29, 1.82) is 0 Å². The summed E-state index contributed by atoms with van der Waals surface area (Å²) in [4.78, 5) is 16.8. The van der Waals surface area contributed by atoms with Crippen molar-refractivity contribution in [2.24, 2.45) is 0 Å². The summed E-state index contributed by atoms with van der Waals surface area (Å²) < 4.78 is 11.9. The SMILES string of the molecule is CCOc1ccc(-c2csc(NC(=O)COc3ccc(-c4ccccc4)cc3Br)n2)cc1. The Labute approximate surface area is 199 Å². The lowest BCUT2D eigenvalue weighted by Crippen LogP contribution is -2.20. The average Bonchev–Trinajstić information content (AvgIpc) is 3.28. The minimum absolute atomic E-state index is 0.110. The summed E-state index contributed by atoms with van der Waals surface area (Å²) in [6, 6.07) is 23.6. The summed E-state index contributed by atoms with van der Waals surface area (Å²) in [5.41, 5.74) is 3.95. The molecule has 0 aliphatic heterocycles. The Bertz CT molecular complexity index is 1190. The number of rotatable bonds is 8. The number of nitrogens with zero attached hydrogens (tertiary/aromatic N) is 1. The van der Waals surface area contributed by atoms with Crippen LogP contribution in [-0.4, -0.2) is 24.1 Å². The fraction of sp³-hybridized carbons (Fsp3) is 0.120. The van der Waals surface area contributed by atoms with Gasteiger partial charge in [0.1, 0.15) is 11.5 Å². The maximum Gasteiger partial charge on any atom is 0.264 e.